The standard InChI is InChI=1S/C15H20ClN3O/c1-4-18(5-2)15(20)10-19-13-7-6-11(3)8-12(13)17-14(19)9-16/h6-8H,4-5,9-10H2,1-3H3. The molecule has 0 unspecified atom stereocenters. The number of imidazole rings is 1. The molecule has 0 saturated heterocycles. The number of fused-ring (bicyclic) bond motifs is 1. The van der Waals surface area contributed by atoms with Gasteiger partial charge in [0.15, 0.2) is 0 Å². The monoisotopic (exact) mass is 293 g/mol. The first kappa shape index (κ1) is 14.9. The van der Waals surface area contributed by atoms with Crippen LogP contribution in [0.15, 0.2) is 18.2 Å². The van der Waals surface area contributed by atoms with E-state index >= 15 is 0 Å². The number of aromatic nitrogens is 2. The van der Waals surface area contributed by atoms with Gasteiger partial charge in [-0.3, -0.25) is 4.79 Å². The quantitative estimate of drug-likeness (QED) is 0.795. The molecule has 0 saturated carbocycles. The van der Waals surface area contributed by atoms with Gasteiger partial charge >= 0.3 is 0 Å². The zero-order valence-electron chi connectivity index (χ0n) is 12.2. The molecule has 5 heteroatoms. The van der Waals surface area contributed by atoms with E-state index in [2.05, 4.69) is 4.98 Å². The van der Waals surface area contributed by atoms with Gasteiger partial charge in [-0.25, -0.2) is 4.98 Å². The molecule has 0 spiro atoms. The lowest BCUT2D eigenvalue weighted by atomic mass is 10.2. The number of amides is 1. The molecule has 1 aromatic heterocycles. The zero-order chi connectivity index (χ0) is 14.7. The maximum Gasteiger partial charge on any atom is 0.242 e. The zero-order valence-corrected chi connectivity index (χ0v) is 12.9. The minimum atomic E-state index is 0.0984. The Labute approximate surface area is 124 Å². The van der Waals surface area contributed by atoms with Gasteiger partial charge in [-0.15, -0.1) is 11.6 Å². The average molecular weight is 294 g/mol. The summed E-state index contributed by atoms with van der Waals surface area (Å²) in [6.07, 6.45) is 0. The third-order valence-electron chi connectivity index (χ3n) is 3.51. The summed E-state index contributed by atoms with van der Waals surface area (Å²) in [6, 6.07) is 6.05. The van der Waals surface area contributed by atoms with Crippen molar-refractivity contribution in [2.75, 3.05) is 13.1 Å². The van der Waals surface area contributed by atoms with Crippen LogP contribution in [0.2, 0.25) is 0 Å². The minimum Gasteiger partial charge on any atom is -0.342 e. The van der Waals surface area contributed by atoms with E-state index in [4.69, 9.17) is 11.6 Å². The van der Waals surface area contributed by atoms with Gasteiger partial charge in [-0.1, -0.05) is 6.07 Å². The van der Waals surface area contributed by atoms with Gasteiger partial charge in [0, 0.05) is 13.1 Å². The van der Waals surface area contributed by atoms with Crippen molar-refractivity contribution in [3.05, 3.63) is 29.6 Å². The molecule has 108 valence electrons. The van der Waals surface area contributed by atoms with Crippen LogP contribution in [-0.2, 0) is 17.2 Å². The fraction of sp³-hybridized carbons (Fsp3) is 0.467. The van der Waals surface area contributed by atoms with Crippen molar-refractivity contribution in [3.8, 4) is 0 Å². The van der Waals surface area contributed by atoms with E-state index in [1.807, 2.05) is 48.4 Å². The van der Waals surface area contributed by atoms with Crippen molar-refractivity contribution in [2.24, 2.45) is 0 Å². The summed E-state index contributed by atoms with van der Waals surface area (Å²) in [4.78, 5) is 18.6. The van der Waals surface area contributed by atoms with Crippen LogP contribution in [0.25, 0.3) is 11.0 Å². The Morgan fingerprint density at radius 1 is 1.35 bits per heavy atom. The van der Waals surface area contributed by atoms with Crippen LogP contribution >= 0.6 is 11.6 Å². The Kier molecular flexibility index (Phi) is 4.65. The van der Waals surface area contributed by atoms with E-state index in [-0.39, 0.29) is 5.91 Å². The highest BCUT2D eigenvalue weighted by Crippen LogP contribution is 2.19. The number of hydrogen-bond donors (Lipinski definition) is 0. The topological polar surface area (TPSA) is 38.1 Å². The van der Waals surface area contributed by atoms with Crippen molar-refractivity contribution in [3.63, 3.8) is 0 Å². The summed E-state index contributed by atoms with van der Waals surface area (Å²) in [5.41, 5.74) is 3.01. The molecule has 2 aromatic rings. The lowest BCUT2D eigenvalue weighted by Gasteiger charge is -2.19. The molecule has 2 rings (SSSR count). The number of carbonyl (C=O) groups is 1. The molecule has 0 bridgehead atoms. The van der Waals surface area contributed by atoms with Crippen LogP contribution in [-0.4, -0.2) is 33.4 Å². The van der Waals surface area contributed by atoms with Crippen molar-refractivity contribution in [2.45, 2.75) is 33.2 Å². The number of hydrogen-bond acceptors (Lipinski definition) is 2. The minimum absolute atomic E-state index is 0.0984. The highest BCUT2D eigenvalue weighted by atomic mass is 35.5. The fourth-order valence-corrected chi connectivity index (χ4v) is 2.58. The number of benzene rings is 1. The largest absolute Gasteiger partial charge is 0.342 e. The number of nitrogens with zero attached hydrogens (tertiary/aromatic N) is 3. The van der Waals surface area contributed by atoms with Gasteiger partial charge in [0.05, 0.1) is 16.9 Å². The Hall–Kier alpha value is -1.55. The van der Waals surface area contributed by atoms with Gasteiger partial charge in [-0.05, 0) is 38.5 Å². The molecule has 1 heterocycles. The second kappa shape index (κ2) is 6.27. The van der Waals surface area contributed by atoms with E-state index in [9.17, 15) is 4.79 Å². The molecule has 4 nitrogen and oxygen atoms in total. The predicted octanol–water partition coefficient (Wildman–Crippen LogP) is 2.95. The van der Waals surface area contributed by atoms with Crippen molar-refractivity contribution < 1.29 is 4.79 Å². The van der Waals surface area contributed by atoms with Crippen LogP contribution in [0.4, 0.5) is 0 Å². The predicted molar refractivity (Wildman–Crippen MR) is 82.0 cm³/mol. The molecule has 0 fully saturated rings. The molecular weight excluding hydrogens is 274 g/mol. The first-order valence-corrected chi connectivity index (χ1v) is 7.43. The smallest absolute Gasteiger partial charge is 0.242 e. The molecule has 0 aliphatic heterocycles. The average Bonchev–Trinajstić information content (AvgIpc) is 2.77. The molecule has 0 N–H and O–H groups in total. The van der Waals surface area contributed by atoms with E-state index in [1.54, 1.807) is 0 Å². The summed E-state index contributed by atoms with van der Waals surface area (Å²) in [5.74, 6) is 1.15. The summed E-state index contributed by atoms with van der Waals surface area (Å²) in [7, 11) is 0. The number of alkyl halides is 1. The van der Waals surface area contributed by atoms with Crippen molar-refractivity contribution in [1.29, 1.82) is 0 Å². The third-order valence-corrected chi connectivity index (χ3v) is 3.75. The van der Waals surface area contributed by atoms with Gasteiger partial charge in [0.1, 0.15) is 12.4 Å². The Morgan fingerprint density at radius 2 is 2.05 bits per heavy atom. The van der Waals surface area contributed by atoms with Crippen LogP contribution in [0, 0.1) is 6.92 Å². The first-order chi connectivity index (χ1) is 9.60. The second-order valence-corrected chi connectivity index (χ2v) is 5.07. The van der Waals surface area contributed by atoms with Crippen LogP contribution in [0.5, 0.6) is 0 Å². The van der Waals surface area contributed by atoms with Gasteiger partial charge < -0.3 is 9.47 Å². The molecule has 20 heavy (non-hydrogen) atoms. The molecule has 0 radical (unpaired) electrons. The molecule has 0 aliphatic carbocycles. The maximum absolute atomic E-state index is 12.3. The van der Waals surface area contributed by atoms with Crippen LogP contribution in [0.1, 0.15) is 25.2 Å². The maximum atomic E-state index is 12.3. The fourth-order valence-electron chi connectivity index (χ4n) is 2.38. The summed E-state index contributed by atoms with van der Waals surface area (Å²) >= 11 is 5.97. The van der Waals surface area contributed by atoms with E-state index in [0.29, 0.717) is 12.4 Å². The SMILES string of the molecule is CCN(CC)C(=O)Cn1c(CCl)nc2cc(C)ccc21. The highest BCUT2D eigenvalue weighted by molar-refractivity contribution is 6.16. The Bertz CT molecular complexity index is 617. The molecule has 0 aliphatic rings. The van der Waals surface area contributed by atoms with Crippen molar-refractivity contribution >= 4 is 28.5 Å². The Morgan fingerprint density at radius 3 is 2.65 bits per heavy atom. The van der Waals surface area contributed by atoms with E-state index in [1.165, 1.54) is 0 Å². The first-order valence-electron chi connectivity index (χ1n) is 6.90. The van der Waals surface area contributed by atoms with E-state index < -0.39 is 0 Å². The third kappa shape index (κ3) is 2.80. The van der Waals surface area contributed by atoms with Crippen molar-refractivity contribution in [1.82, 2.24) is 14.5 Å². The number of halogens is 1. The van der Waals surface area contributed by atoms with Gasteiger partial charge in [0.2, 0.25) is 5.91 Å². The number of likely N-dealkylation sites (N-methyl/N-ethyl adjacent to an activating group) is 1. The lowest BCUT2D eigenvalue weighted by molar-refractivity contribution is -0.131. The second-order valence-electron chi connectivity index (χ2n) is 4.81. The van der Waals surface area contributed by atoms with Crippen LogP contribution < -0.4 is 0 Å². The Balaban J connectivity index is 2.40. The van der Waals surface area contributed by atoms with Gasteiger partial charge in [-0.2, -0.15) is 0 Å². The van der Waals surface area contributed by atoms with Gasteiger partial charge in [0.25, 0.3) is 0 Å². The molecule has 1 amide bonds. The highest BCUT2D eigenvalue weighted by Gasteiger charge is 2.16. The summed E-state index contributed by atoms with van der Waals surface area (Å²) < 4.78 is 1.92. The molecule has 0 atom stereocenters. The summed E-state index contributed by atoms with van der Waals surface area (Å²) in [6.45, 7) is 7.73. The normalized spacial score (nSPS) is 11.0. The number of rotatable bonds is 5. The number of aryl methyl sites for hydroxylation is 1. The van der Waals surface area contributed by atoms with E-state index in [0.717, 1.165) is 35.5 Å². The van der Waals surface area contributed by atoms with Crippen LogP contribution in [0.3, 0.4) is 0 Å². The molecular formula is C15H20ClN3O. The number of carbonyl (C=O) groups excluding carboxylic acids is 1. The molecule has 1 aromatic carbocycles. The lowest BCUT2D eigenvalue weighted by Crippen LogP contribution is -2.33. The summed E-state index contributed by atoms with van der Waals surface area (Å²) in [5, 5.41) is 0.